The Kier molecular flexibility index (Phi) is 7.48. The third-order valence-electron chi connectivity index (χ3n) is 7.07. The van der Waals surface area contributed by atoms with Gasteiger partial charge in [-0.05, 0) is 50.5 Å². The van der Waals surface area contributed by atoms with Crippen molar-refractivity contribution >= 4 is 12.0 Å². The van der Waals surface area contributed by atoms with Crippen LogP contribution in [0.5, 0.6) is 0 Å². The van der Waals surface area contributed by atoms with Crippen molar-refractivity contribution in [2.45, 2.75) is 75.1 Å². The highest BCUT2D eigenvalue weighted by molar-refractivity contribution is 5.79. The van der Waals surface area contributed by atoms with Crippen molar-refractivity contribution < 1.29 is 32.6 Å². The molecule has 1 aliphatic carbocycles. The maximum Gasteiger partial charge on any atom is 0.410 e. The fraction of sp³-hybridized carbons (Fsp3) is 0.667. The Morgan fingerprint density at radius 1 is 1.24 bits per heavy atom. The number of hydrogen-bond donors (Lipinski definition) is 1. The zero-order valence-electron chi connectivity index (χ0n) is 18.9. The summed E-state index contributed by atoms with van der Waals surface area (Å²) in [4.78, 5) is 26.3. The first kappa shape index (κ1) is 23.9. The molecule has 0 aromatic heterocycles. The second-order valence-electron chi connectivity index (χ2n) is 9.36. The molecule has 7 nitrogen and oxygen atoms in total. The quantitative estimate of drug-likeness (QED) is 0.695. The van der Waals surface area contributed by atoms with Crippen molar-refractivity contribution in [2.24, 2.45) is 0 Å². The fourth-order valence-electron chi connectivity index (χ4n) is 5.57. The molecule has 1 aromatic carbocycles. The van der Waals surface area contributed by atoms with E-state index in [2.05, 4.69) is 29.6 Å². The minimum absolute atomic E-state index is 0.0387. The third kappa shape index (κ3) is 5.46. The highest BCUT2D eigenvalue weighted by Crippen LogP contribution is 2.38. The van der Waals surface area contributed by atoms with Crippen molar-refractivity contribution in [3.8, 4) is 0 Å². The molecule has 1 saturated carbocycles. The molecule has 2 aliphatic heterocycles. The molecule has 182 valence electrons. The van der Waals surface area contributed by atoms with Crippen LogP contribution < -0.4 is 5.32 Å². The zero-order chi connectivity index (χ0) is 23.4. The number of nitrogens with one attached hydrogen (secondary N) is 1. The van der Waals surface area contributed by atoms with Crippen LogP contribution in [0.15, 0.2) is 30.3 Å². The van der Waals surface area contributed by atoms with E-state index in [0.717, 1.165) is 25.7 Å². The number of likely N-dealkylation sites (tertiary alicyclic amines) is 1. The summed E-state index contributed by atoms with van der Waals surface area (Å²) < 4.78 is 41.9. The van der Waals surface area contributed by atoms with Crippen LogP contribution in [0, 0.1) is 0 Å². The summed E-state index contributed by atoms with van der Waals surface area (Å²) in [6, 6.07) is 9.56. The predicted molar refractivity (Wildman–Crippen MR) is 116 cm³/mol. The van der Waals surface area contributed by atoms with Gasteiger partial charge in [0.15, 0.2) is 6.61 Å². The van der Waals surface area contributed by atoms with Gasteiger partial charge in [-0.3, -0.25) is 9.69 Å². The molecule has 3 fully saturated rings. The molecule has 33 heavy (non-hydrogen) atoms. The van der Waals surface area contributed by atoms with E-state index >= 15 is 0 Å². The first-order valence-corrected chi connectivity index (χ1v) is 11.7. The molecule has 4 rings (SSSR count). The maximum absolute atomic E-state index is 12.7. The molecule has 2 saturated heterocycles. The second-order valence-corrected chi connectivity index (χ2v) is 9.36. The molecular weight excluding hydrogens is 434 g/mol. The Morgan fingerprint density at radius 2 is 1.97 bits per heavy atom. The molecule has 1 spiro atoms. The average molecular weight is 467 g/mol. The fourth-order valence-corrected chi connectivity index (χ4v) is 5.57. The van der Waals surface area contributed by atoms with Crippen LogP contribution in [0.1, 0.15) is 50.5 Å². The minimum atomic E-state index is -2.74. The van der Waals surface area contributed by atoms with Crippen molar-refractivity contribution in [3.05, 3.63) is 35.9 Å². The van der Waals surface area contributed by atoms with E-state index < -0.39 is 30.7 Å². The predicted octanol–water partition coefficient (Wildman–Crippen LogP) is 3.48. The number of carbonyl (C=O) groups is 2. The Balaban J connectivity index is 1.41. The van der Waals surface area contributed by atoms with Crippen LogP contribution in [0.4, 0.5) is 13.6 Å². The molecule has 1 aromatic rings. The topological polar surface area (TPSA) is 77.1 Å². The minimum Gasteiger partial charge on any atom is -0.443 e. The summed E-state index contributed by atoms with van der Waals surface area (Å²) in [6.45, 7) is 1.23. The van der Waals surface area contributed by atoms with E-state index in [9.17, 15) is 18.4 Å². The summed E-state index contributed by atoms with van der Waals surface area (Å²) in [6.07, 6.45) is 0.742. The molecule has 0 unspecified atom stereocenters. The number of alkyl halides is 2. The van der Waals surface area contributed by atoms with E-state index in [1.165, 1.54) is 10.5 Å². The monoisotopic (exact) mass is 466 g/mol. The first-order valence-electron chi connectivity index (χ1n) is 11.7. The SMILES string of the molecule is C[C@@H]1C[C@@]2(COCC(=O)N2)[C@H](COC2CCC(c3ccccc3)CC2)N1C(=O)OCC(F)F. The average Bonchev–Trinajstić information content (AvgIpc) is 3.06. The smallest absolute Gasteiger partial charge is 0.410 e. The van der Waals surface area contributed by atoms with Crippen LogP contribution in [0.3, 0.4) is 0 Å². The lowest BCUT2D eigenvalue weighted by molar-refractivity contribution is -0.137. The van der Waals surface area contributed by atoms with Gasteiger partial charge in [-0.15, -0.1) is 0 Å². The molecule has 3 atom stereocenters. The van der Waals surface area contributed by atoms with Crippen LogP contribution >= 0.6 is 0 Å². The van der Waals surface area contributed by atoms with Crippen LogP contribution in [0.2, 0.25) is 0 Å². The van der Waals surface area contributed by atoms with E-state index in [1.807, 2.05) is 13.0 Å². The number of ether oxygens (including phenoxy) is 3. The van der Waals surface area contributed by atoms with Gasteiger partial charge < -0.3 is 19.5 Å². The van der Waals surface area contributed by atoms with Crippen molar-refractivity contribution in [3.63, 3.8) is 0 Å². The molecule has 3 aliphatic rings. The van der Waals surface area contributed by atoms with E-state index in [-0.39, 0.29) is 37.9 Å². The molecular formula is C24H32F2N2O5. The van der Waals surface area contributed by atoms with E-state index in [1.54, 1.807) is 0 Å². The van der Waals surface area contributed by atoms with Crippen molar-refractivity contribution in [2.75, 3.05) is 26.4 Å². The van der Waals surface area contributed by atoms with E-state index in [4.69, 9.17) is 14.2 Å². The lowest BCUT2D eigenvalue weighted by Gasteiger charge is -2.41. The molecule has 0 bridgehead atoms. The Hall–Kier alpha value is -2.26. The number of amides is 2. The van der Waals surface area contributed by atoms with Gasteiger partial charge in [0, 0.05) is 6.04 Å². The Morgan fingerprint density at radius 3 is 2.64 bits per heavy atom. The van der Waals surface area contributed by atoms with Gasteiger partial charge in [0.2, 0.25) is 5.91 Å². The van der Waals surface area contributed by atoms with Crippen molar-refractivity contribution in [1.29, 1.82) is 0 Å². The van der Waals surface area contributed by atoms with Gasteiger partial charge in [-0.2, -0.15) is 0 Å². The lowest BCUT2D eigenvalue weighted by atomic mass is 9.82. The molecule has 9 heteroatoms. The second kappa shape index (κ2) is 10.3. The number of morpholine rings is 1. The standard InChI is InChI=1S/C24H32F2N2O5/c1-16-11-24(15-31-14-22(29)27-24)20(28(16)23(30)33-13-21(25)26)12-32-19-9-7-18(8-10-19)17-5-3-2-4-6-17/h2-6,16,18-21H,7-15H2,1H3,(H,27,29)/t16-,18?,19?,20+,24-/m1/s1. The molecule has 2 amide bonds. The summed E-state index contributed by atoms with van der Waals surface area (Å²) >= 11 is 0. The normalized spacial score (nSPS) is 32.2. The number of nitrogens with zero attached hydrogens (tertiary/aromatic N) is 1. The van der Waals surface area contributed by atoms with Crippen LogP contribution in [0.25, 0.3) is 0 Å². The molecule has 2 heterocycles. The van der Waals surface area contributed by atoms with Gasteiger partial charge in [-0.1, -0.05) is 30.3 Å². The number of rotatable bonds is 6. The highest BCUT2D eigenvalue weighted by Gasteiger charge is 2.55. The summed E-state index contributed by atoms with van der Waals surface area (Å²) in [5.41, 5.74) is 0.523. The van der Waals surface area contributed by atoms with E-state index in [0.29, 0.717) is 12.3 Å². The Bertz CT molecular complexity index is 818. The number of hydrogen-bond acceptors (Lipinski definition) is 5. The lowest BCUT2D eigenvalue weighted by Crippen LogP contribution is -2.65. The van der Waals surface area contributed by atoms with Gasteiger partial charge in [0.1, 0.15) is 6.61 Å². The summed E-state index contributed by atoms with van der Waals surface area (Å²) in [7, 11) is 0. The number of halogens is 2. The van der Waals surface area contributed by atoms with Gasteiger partial charge in [-0.25, -0.2) is 13.6 Å². The highest BCUT2D eigenvalue weighted by atomic mass is 19.3. The largest absolute Gasteiger partial charge is 0.443 e. The molecule has 1 N–H and O–H groups in total. The van der Waals surface area contributed by atoms with Crippen LogP contribution in [-0.2, 0) is 19.0 Å². The first-order chi connectivity index (χ1) is 15.9. The Labute approximate surface area is 192 Å². The molecule has 0 radical (unpaired) electrons. The zero-order valence-corrected chi connectivity index (χ0v) is 18.9. The van der Waals surface area contributed by atoms with Gasteiger partial charge in [0.05, 0.1) is 30.9 Å². The summed E-state index contributed by atoms with van der Waals surface area (Å²) in [5, 5.41) is 3.00. The maximum atomic E-state index is 12.7. The van der Waals surface area contributed by atoms with Crippen molar-refractivity contribution in [1.82, 2.24) is 10.2 Å². The third-order valence-corrected chi connectivity index (χ3v) is 7.07. The van der Waals surface area contributed by atoms with Crippen LogP contribution in [-0.4, -0.2) is 73.5 Å². The van der Waals surface area contributed by atoms with Gasteiger partial charge >= 0.3 is 6.09 Å². The summed E-state index contributed by atoms with van der Waals surface area (Å²) in [5.74, 6) is 0.250. The number of benzene rings is 1. The van der Waals surface area contributed by atoms with Gasteiger partial charge in [0.25, 0.3) is 6.43 Å². The number of carbonyl (C=O) groups excluding carboxylic acids is 2.